The number of aromatic nitrogens is 2. The number of nitrogens with zero attached hydrogens (tertiary/aromatic N) is 1. The monoisotopic (exact) mass is 314 g/mol. The molecule has 3 rings (SSSR count). The highest BCUT2D eigenvalue weighted by molar-refractivity contribution is 6.31. The Morgan fingerprint density at radius 2 is 2.09 bits per heavy atom. The number of nitrogens with one attached hydrogen (secondary N) is 3. The fraction of sp³-hybridized carbons (Fsp3) is 0.125. The quantitative estimate of drug-likeness (QED) is 0.689. The topological polar surface area (TPSA) is 69.8 Å². The van der Waals surface area contributed by atoms with E-state index in [0.29, 0.717) is 18.7 Å². The molecule has 0 saturated heterocycles. The Kier molecular flexibility index (Phi) is 4.25. The van der Waals surface area contributed by atoms with E-state index in [-0.39, 0.29) is 6.03 Å². The summed E-state index contributed by atoms with van der Waals surface area (Å²) in [4.78, 5) is 19.0. The standard InChI is InChI=1S/C16H15ClN4O/c17-13-4-2-1-3-11(13)7-8-18-16(22)21-12-5-6-14-15(9-12)20-10-19-14/h1-6,9-10H,7-8H2,(H,19,20)(H2,18,21,22). The number of imidazole rings is 1. The summed E-state index contributed by atoms with van der Waals surface area (Å²) >= 11 is 6.08. The molecule has 0 atom stereocenters. The van der Waals surface area contributed by atoms with Gasteiger partial charge in [-0.1, -0.05) is 29.8 Å². The van der Waals surface area contributed by atoms with Crippen molar-refractivity contribution < 1.29 is 4.79 Å². The summed E-state index contributed by atoms with van der Waals surface area (Å²) in [5.41, 5.74) is 3.48. The zero-order valence-corrected chi connectivity index (χ0v) is 12.5. The lowest BCUT2D eigenvalue weighted by Crippen LogP contribution is -2.30. The van der Waals surface area contributed by atoms with E-state index in [2.05, 4.69) is 20.6 Å². The molecule has 0 bridgehead atoms. The first kappa shape index (κ1) is 14.4. The third kappa shape index (κ3) is 3.38. The van der Waals surface area contributed by atoms with Crippen molar-refractivity contribution in [3.05, 3.63) is 59.4 Å². The van der Waals surface area contributed by atoms with Crippen molar-refractivity contribution in [1.82, 2.24) is 15.3 Å². The van der Waals surface area contributed by atoms with Gasteiger partial charge in [-0.25, -0.2) is 9.78 Å². The minimum Gasteiger partial charge on any atom is -0.345 e. The number of aromatic amines is 1. The number of hydrogen-bond donors (Lipinski definition) is 3. The Labute approximate surface area is 132 Å². The first-order chi connectivity index (χ1) is 10.7. The number of carbonyl (C=O) groups is 1. The molecule has 22 heavy (non-hydrogen) atoms. The lowest BCUT2D eigenvalue weighted by molar-refractivity contribution is 0.252. The molecule has 0 aliphatic carbocycles. The molecule has 0 aliphatic heterocycles. The fourth-order valence-electron chi connectivity index (χ4n) is 2.20. The number of hydrogen-bond acceptors (Lipinski definition) is 2. The van der Waals surface area contributed by atoms with Crippen LogP contribution in [0.5, 0.6) is 0 Å². The van der Waals surface area contributed by atoms with Crippen molar-refractivity contribution in [2.45, 2.75) is 6.42 Å². The van der Waals surface area contributed by atoms with Gasteiger partial charge < -0.3 is 15.6 Å². The molecule has 0 radical (unpaired) electrons. The van der Waals surface area contributed by atoms with Gasteiger partial charge in [-0.05, 0) is 36.2 Å². The van der Waals surface area contributed by atoms with E-state index in [9.17, 15) is 4.79 Å². The summed E-state index contributed by atoms with van der Waals surface area (Å²) in [6.45, 7) is 0.516. The van der Waals surface area contributed by atoms with E-state index in [1.54, 1.807) is 6.33 Å². The Balaban J connectivity index is 1.53. The minimum atomic E-state index is -0.245. The van der Waals surface area contributed by atoms with Crippen molar-refractivity contribution in [2.75, 3.05) is 11.9 Å². The van der Waals surface area contributed by atoms with E-state index < -0.39 is 0 Å². The molecule has 0 fully saturated rings. The molecule has 112 valence electrons. The van der Waals surface area contributed by atoms with Crippen LogP contribution in [-0.4, -0.2) is 22.5 Å². The van der Waals surface area contributed by atoms with Crippen molar-refractivity contribution in [3.63, 3.8) is 0 Å². The second-order valence-electron chi connectivity index (χ2n) is 4.86. The summed E-state index contributed by atoms with van der Waals surface area (Å²) in [6.07, 6.45) is 2.31. The first-order valence-corrected chi connectivity index (χ1v) is 7.31. The van der Waals surface area contributed by atoms with Gasteiger partial charge in [0.1, 0.15) is 0 Å². The van der Waals surface area contributed by atoms with E-state index >= 15 is 0 Å². The van der Waals surface area contributed by atoms with Gasteiger partial charge in [0.25, 0.3) is 0 Å². The van der Waals surface area contributed by atoms with Crippen LogP contribution in [0.15, 0.2) is 48.8 Å². The van der Waals surface area contributed by atoms with Crippen LogP contribution in [-0.2, 0) is 6.42 Å². The third-order valence-corrected chi connectivity index (χ3v) is 3.68. The second-order valence-corrected chi connectivity index (χ2v) is 5.26. The van der Waals surface area contributed by atoms with Crippen LogP contribution in [0.1, 0.15) is 5.56 Å². The molecule has 3 aromatic rings. The molecule has 0 unspecified atom stereocenters. The van der Waals surface area contributed by atoms with Crippen LogP contribution in [0.3, 0.4) is 0 Å². The number of fused-ring (bicyclic) bond motifs is 1. The lowest BCUT2D eigenvalue weighted by atomic mass is 10.1. The molecule has 0 aliphatic rings. The van der Waals surface area contributed by atoms with Gasteiger partial charge in [0.05, 0.1) is 17.4 Å². The smallest absolute Gasteiger partial charge is 0.319 e. The summed E-state index contributed by atoms with van der Waals surface area (Å²) < 4.78 is 0. The van der Waals surface area contributed by atoms with Gasteiger partial charge in [-0.2, -0.15) is 0 Å². The zero-order valence-electron chi connectivity index (χ0n) is 11.8. The molecule has 0 saturated carbocycles. The van der Waals surface area contributed by atoms with Crippen LogP contribution >= 0.6 is 11.6 Å². The van der Waals surface area contributed by atoms with Crippen molar-refractivity contribution in [3.8, 4) is 0 Å². The average molecular weight is 315 g/mol. The number of halogens is 1. The average Bonchev–Trinajstić information content (AvgIpc) is 2.97. The van der Waals surface area contributed by atoms with Crippen LogP contribution in [0.25, 0.3) is 11.0 Å². The van der Waals surface area contributed by atoms with Crippen LogP contribution < -0.4 is 10.6 Å². The van der Waals surface area contributed by atoms with Gasteiger partial charge in [0.2, 0.25) is 0 Å². The Bertz CT molecular complexity index is 799. The van der Waals surface area contributed by atoms with Crippen LogP contribution in [0.2, 0.25) is 5.02 Å². The summed E-state index contributed by atoms with van der Waals surface area (Å²) in [5, 5.41) is 6.33. The van der Waals surface area contributed by atoms with E-state index in [0.717, 1.165) is 21.6 Å². The van der Waals surface area contributed by atoms with Gasteiger partial charge in [0, 0.05) is 17.3 Å². The lowest BCUT2D eigenvalue weighted by Gasteiger charge is -2.08. The van der Waals surface area contributed by atoms with Gasteiger partial charge >= 0.3 is 6.03 Å². The molecule has 2 aromatic carbocycles. The van der Waals surface area contributed by atoms with Crippen molar-refractivity contribution in [1.29, 1.82) is 0 Å². The van der Waals surface area contributed by atoms with Crippen molar-refractivity contribution >= 4 is 34.4 Å². The normalized spacial score (nSPS) is 10.6. The first-order valence-electron chi connectivity index (χ1n) is 6.94. The fourth-order valence-corrected chi connectivity index (χ4v) is 2.43. The van der Waals surface area contributed by atoms with E-state index in [1.165, 1.54) is 0 Å². The number of H-pyrrole nitrogens is 1. The molecule has 0 spiro atoms. The predicted molar refractivity (Wildman–Crippen MR) is 88.3 cm³/mol. The highest BCUT2D eigenvalue weighted by Gasteiger charge is 2.04. The van der Waals surface area contributed by atoms with Crippen LogP contribution in [0.4, 0.5) is 10.5 Å². The third-order valence-electron chi connectivity index (χ3n) is 3.32. The zero-order chi connectivity index (χ0) is 15.4. The minimum absolute atomic E-state index is 0.245. The number of urea groups is 1. The number of benzene rings is 2. The highest BCUT2D eigenvalue weighted by Crippen LogP contribution is 2.16. The molecule has 1 heterocycles. The maximum Gasteiger partial charge on any atom is 0.319 e. The number of anilines is 1. The largest absolute Gasteiger partial charge is 0.345 e. The van der Waals surface area contributed by atoms with Crippen molar-refractivity contribution in [2.24, 2.45) is 0 Å². The molecule has 2 amide bonds. The van der Waals surface area contributed by atoms with E-state index in [1.807, 2.05) is 42.5 Å². The summed E-state index contributed by atoms with van der Waals surface area (Å²) in [5.74, 6) is 0. The predicted octanol–water partition coefficient (Wildman–Crippen LogP) is 3.58. The summed E-state index contributed by atoms with van der Waals surface area (Å²) in [7, 11) is 0. The molecule has 1 aromatic heterocycles. The van der Waals surface area contributed by atoms with Gasteiger partial charge in [-0.15, -0.1) is 0 Å². The molecule has 5 nitrogen and oxygen atoms in total. The molecular formula is C16H15ClN4O. The Morgan fingerprint density at radius 1 is 1.23 bits per heavy atom. The van der Waals surface area contributed by atoms with Crippen LogP contribution in [0, 0.1) is 0 Å². The van der Waals surface area contributed by atoms with Gasteiger partial charge in [-0.3, -0.25) is 0 Å². The second kappa shape index (κ2) is 6.49. The van der Waals surface area contributed by atoms with E-state index in [4.69, 9.17) is 11.6 Å². The number of rotatable bonds is 4. The maximum absolute atomic E-state index is 11.9. The molecule has 3 N–H and O–H groups in total. The van der Waals surface area contributed by atoms with Gasteiger partial charge in [0.15, 0.2) is 0 Å². The number of carbonyl (C=O) groups excluding carboxylic acids is 1. The SMILES string of the molecule is O=C(NCCc1ccccc1Cl)Nc1ccc2nc[nH]c2c1. The highest BCUT2D eigenvalue weighted by atomic mass is 35.5. The molecule has 6 heteroatoms. The summed E-state index contributed by atoms with van der Waals surface area (Å²) in [6, 6.07) is 12.9. The maximum atomic E-state index is 11.9. The Morgan fingerprint density at radius 3 is 2.95 bits per heavy atom. The number of amides is 2. The Hall–Kier alpha value is -2.53. The molecular weight excluding hydrogens is 300 g/mol.